The third-order valence-electron chi connectivity index (χ3n) is 1.25. The van der Waals surface area contributed by atoms with E-state index >= 15 is 0 Å². The van der Waals surface area contributed by atoms with Gasteiger partial charge in [-0.1, -0.05) is 0 Å². The van der Waals surface area contributed by atoms with Crippen LogP contribution in [0.1, 0.15) is 10.4 Å². The van der Waals surface area contributed by atoms with Crippen molar-refractivity contribution < 1.29 is 26.0 Å². The molecule has 6 nitrogen and oxygen atoms in total. The number of rotatable bonds is 1. The lowest BCUT2D eigenvalue weighted by atomic mass is 10.2. The molecule has 1 aromatic rings. The van der Waals surface area contributed by atoms with Crippen LogP contribution in [-0.4, -0.2) is 27.1 Å². The third kappa shape index (κ3) is 2.97. The fourth-order valence-electron chi connectivity index (χ4n) is 0.730. The summed E-state index contributed by atoms with van der Waals surface area (Å²) in [6.07, 6.45) is 0. The van der Waals surface area contributed by atoms with Crippen LogP contribution in [0.5, 0.6) is 5.75 Å². The zero-order valence-corrected chi connectivity index (χ0v) is 6.61. The van der Waals surface area contributed by atoms with Gasteiger partial charge in [0, 0.05) is 11.8 Å². The van der Waals surface area contributed by atoms with Crippen molar-refractivity contribution in [1.82, 2.24) is 0 Å². The van der Waals surface area contributed by atoms with E-state index in [4.69, 9.17) is 15.9 Å². The molecular weight excluding hydrogens is 178 g/mol. The molecule has 0 aliphatic rings. The van der Waals surface area contributed by atoms with Gasteiger partial charge < -0.3 is 26.9 Å². The van der Waals surface area contributed by atoms with Crippen molar-refractivity contribution in [3.8, 4) is 5.75 Å². The Morgan fingerprint density at radius 2 is 1.85 bits per heavy atom. The molecule has 0 atom stereocenters. The second kappa shape index (κ2) is 4.96. The highest BCUT2D eigenvalue weighted by molar-refractivity contribution is 5.91. The van der Waals surface area contributed by atoms with Crippen LogP contribution in [0, 0.1) is 0 Å². The van der Waals surface area contributed by atoms with Crippen LogP contribution in [-0.2, 0) is 0 Å². The predicted octanol–water partition coefficient (Wildman–Crippen LogP) is -0.977. The SMILES string of the molecule is Nc1ccc(C(=O)O)c(O)c1.O.O. The third-order valence-corrected chi connectivity index (χ3v) is 1.25. The fourth-order valence-corrected chi connectivity index (χ4v) is 0.730. The Morgan fingerprint density at radius 3 is 2.23 bits per heavy atom. The van der Waals surface area contributed by atoms with E-state index in [2.05, 4.69) is 0 Å². The molecule has 0 amide bonds. The second-order valence-electron chi connectivity index (χ2n) is 2.08. The summed E-state index contributed by atoms with van der Waals surface area (Å²) in [6.45, 7) is 0. The molecule has 8 N–H and O–H groups in total. The molecule has 0 heterocycles. The zero-order valence-electron chi connectivity index (χ0n) is 6.61. The lowest BCUT2D eigenvalue weighted by Gasteiger charge is -1.98. The molecular formula is C7H11NO5. The van der Waals surface area contributed by atoms with Crippen molar-refractivity contribution in [1.29, 1.82) is 0 Å². The number of anilines is 1. The number of aromatic hydroxyl groups is 1. The molecule has 1 rings (SSSR count). The van der Waals surface area contributed by atoms with E-state index in [0.29, 0.717) is 5.69 Å². The zero-order chi connectivity index (χ0) is 8.43. The summed E-state index contributed by atoms with van der Waals surface area (Å²) in [6, 6.07) is 3.87. The van der Waals surface area contributed by atoms with Crippen LogP contribution in [0.15, 0.2) is 18.2 Å². The Morgan fingerprint density at radius 1 is 1.31 bits per heavy atom. The number of hydrogen-bond acceptors (Lipinski definition) is 3. The number of carboxylic acid groups (broad SMARTS) is 1. The first-order valence-electron chi connectivity index (χ1n) is 2.93. The van der Waals surface area contributed by atoms with E-state index in [0.717, 1.165) is 0 Å². The van der Waals surface area contributed by atoms with Crippen molar-refractivity contribution >= 4 is 11.7 Å². The summed E-state index contributed by atoms with van der Waals surface area (Å²) in [5.41, 5.74) is 5.48. The summed E-state index contributed by atoms with van der Waals surface area (Å²) in [4.78, 5) is 10.3. The highest BCUT2D eigenvalue weighted by Gasteiger charge is 2.07. The van der Waals surface area contributed by atoms with Gasteiger partial charge in [-0.25, -0.2) is 4.79 Å². The standard InChI is InChI=1S/C7H7NO3.2H2O/c8-4-1-2-5(7(10)11)6(9)3-4;;/h1-3,9H,8H2,(H,10,11);2*1H2. The topological polar surface area (TPSA) is 147 Å². The smallest absolute Gasteiger partial charge is 0.339 e. The van der Waals surface area contributed by atoms with Crippen molar-refractivity contribution in [2.45, 2.75) is 0 Å². The van der Waals surface area contributed by atoms with Crippen LogP contribution < -0.4 is 5.73 Å². The van der Waals surface area contributed by atoms with Gasteiger partial charge in [-0.3, -0.25) is 0 Å². The van der Waals surface area contributed by atoms with Crippen molar-refractivity contribution in [3.05, 3.63) is 23.8 Å². The molecule has 0 radical (unpaired) electrons. The van der Waals surface area contributed by atoms with E-state index < -0.39 is 5.97 Å². The van der Waals surface area contributed by atoms with Crippen LogP contribution in [0.3, 0.4) is 0 Å². The molecule has 0 fully saturated rings. The normalized spacial score (nSPS) is 8.00. The van der Waals surface area contributed by atoms with Gasteiger partial charge in [0.25, 0.3) is 0 Å². The molecule has 74 valence electrons. The summed E-state index contributed by atoms with van der Waals surface area (Å²) >= 11 is 0. The Balaban J connectivity index is 0. The average Bonchev–Trinajstić information content (AvgIpc) is 1.85. The molecule has 0 saturated heterocycles. The van der Waals surface area contributed by atoms with Crippen LogP contribution >= 0.6 is 0 Å². The number of nitrogens with two attached hydrogens (primary N) is 1. The summed E-state index contributed by atoms with van der Waals surface area (Å²) in [5, 5.41) is 17.5. The first-order valence-corrected chi connectivity index (χ1v) is 2.93. The van der Waals surface area contributed by atoms with Gasteiger partial charge >= 0.3 is 5.97 Å². The number of carboxylic acids is 1. The quantitative estimate of drug-likeness (QED) is 0.487. The van der Waals surface area contributed by atoms with Gasteiger partial charge in [0.1, 0.15) is 11.3 Å². The molecule has 6 heteroatoms. The monoisotopic (exact) mass is 189 g/mol. The molecule has 0 aromatic heterocycles. The Kier molecular flexibility index (Phi) is 5.26. The van der Waals surface area contributed by atoms with Gasteiger partial charge in [0.05, 0.1) is 0 Å². The Bertz CT molecular complexity index is 299. The van der Waals surface area contributed by atoms with Crippen molar-refractivity contribution in [3.63, 3.8) is 0 Å². The Hall–Kier alpha value is -1.79. The minimum Gasteiger partial charge on any atom is -0.507 e. The van der Waals surface area contributed by atoms with E-state index in [1.807, 2.05) is 0 Å². The van der Waals surface area contributed by atoms with Gasteiger partial charge in [-0.2, -0.15) is 0 Å². The lowest BCUT2D eigenvalue weighted by Crippen LogP contribution is -1.97. The molecule has 0 saturated carbocycles. The van der Waals surface area contributed by atoms with Gasteiger partial charge in [0.15, 0.2) is 0 Å². The minimum atomic E-state index is -1.16. The van der Waals surface area contributed by atoms with Gasteiger partial charge in [-0.05, 0) is 12.1 Å². The van der Waals surface area contributed by atoms with Crippen LogP contribution in [0.25, 0.3) is 0 Å². The number of hydrogen-bond donors (Lipinski definition) is 3. The Labute approximate surface area is 73.8 Å². The highest BCUT2D eigenvalue weighted by Crippen LogP contribution is 2.19. The fraction of sp³-hybridized carbons (Fsp3) is 0. The molecule has 0 aliphatic heterocycles. The first-order chi connectivity index (χ1) is 5.11. The molecule has 1 aromatic carbocycles. The minimum absolute atomic E-state index is 0. The maximum Gasteiger partial charge on any atom is 0.339 e. The number of nitrogen functional groups attached to an aromatic ring is 1. The molecule has 0 spiro atoms. The molecule has 0 aliphatic carbocycles. The summed E-state index contributed by atoms with van der Waals surface area (Å²) in [7, 11) is 0. The lowest BCUT2D eigenvalue weighted by molar-refractivity contribution is 0.0694. The first kappa shape index (κ1) is 13.8. The van der Waals surface area contributed by atoms with Crippen molar-refractivity contribution in [2.75, 3.05) is 5.73 Å². The maximum atomic E-state index is 10.3. The number of carbonyl (C=O) groups is 1. The predicted molar refractivity (Wildman–Crippen MR) is 46.7 cm³/mol. The number of phenols is 1. The van der Waals surface area contributed by atoms with Crippen LogP contribution in [0.2, 0.25) is 0 Å². The van der Waals surface area contributed by atoms with Crippen LogP contribution in [0.4, 0.5) is 5.69 Å². The van der Waals surface area contributed by atoms with Crippen molar-refractivity contribution in [2.24, 2.45) is 0 Å². The number of benzene rings is 1. The molecule has 13 heavy (non-hydrogen) atoms. The summed E-state index contributed by atoms with van der Waals surface area (Å²) in [5.74, 6) is -1.47. The molecule has 0 bridgehead atoms. The van der Waals surface area contributed by atoms with E-state index in [-0.39, 0.29) is 22.3 Å². The molecule has 0 unspecified atom stereocenters. The van der Waals surface area contributed by atoms with Gasteiger partial charge in [0.2, 0.25) is 0 Å². The van der Waals surface area contributed by atoms with Gasteiger partial charge in [-0.15, -0.1) is 0 Å². The van der Waals surface area contributed by atoms with E-state index in [1.165, 1.54) is 18.2 Å². The second-order valence-corrected chi connectivity index (χ2v) is 2.08. The highest BCUT2D eigenvalue weighted by atomic mass is 16.4. The largest absolute Gasteiger partial charge is 0.507 e. The van der Waals surface area contributed by atoms with E-state index in [9.17, 15) is 4.79 Å². The average molecular weight is 189 g/mol. The summed E-state index contributed by atoms with van der Waals surface area (Å²) < 4.78 is 0. The maximum absolute atomic E-state index is 10.3. The van der Waals surface area contributed by atoms with E-state index in [1.54, 1.807) is 0 Å². The number of aromatic carboxylic acids is 1.